The van der Waals surface area contributed by atoms with Gasteiger partial charge in [-0.25, -0.2) is 0 Å². The monoisotopic (exact) mass is 277 g/mol. The molecule has 4 heteroatoms. The van der Waals surface area contributed by atoms with Gasteiger partial charge in [0.05, 0.1) is 13.2 Å². The van der Waals surface area contributed by atoms with E-state index in [9.17, 15) is 5.11 Å². The molecule has 0 atom stereocenters. The van der Waals surface area contributed by atoms with Crippen LogP contribution in [0.15, 0.2) is 29.6 Å². The van der Waals surface area contributed by atoms with Crippen molar-refractivity contribution in [3.8, 4) is 5.75 Å². The van der Waals surface area contributed by atoms with Crippen LogP contribution in [0.4, 0.5) is 5.69 Å². The van der Waals surface area contributed by atoms with Gasteiger partial charge in [0.2, 0.25) is 0 Å². The molecule has 0 aliphatic rings. The van der Waals surface area contributed by atoms with E-state index in [-0.39, 0.29) is 6.61 Å². The van der Waals surface area contributed by atoms with Gasteiger partial charge in [-0.05, 0) is 49.1 Å². The molecule has 2 rings (SSSR count). The van der Waals surface area contributed by atoms with Gasteiger partial charge in [-0.2, -0.15) is 0 Å². The molecule has 0 aliphatic heterocycles. The third kappa shape index (κ3) is 3.49. The molecule has 0 fully saturated rings. The molecule has 0 saturated carbocycles. The van der Waals surface area contributed by atoms with Crippen LogP contribution in [0, 0.1) is 6.92 Å². The Morgan fingerprint density at radius 2 is 2.16 bits per heavy atom. The number of nitrogens with one attached hydrogen (secondary N) is 1. The summed E-state index contributed by atoms with van der Waals surface area (Å²) in [5, 5.41) is 14.8. The number of aliphatic hydroxyl groups is 1. The van der Waals surface area contributed by atoms with Crippen LogP contribution in [0.2, 0.25) is 0 Å². The lowest BCUT2D eigenvalue weighted by Gasteiger charge is -2.12. The van der Waals surface area contributed by atoms with Crippen molar-refractivity contribution in [3.63, 3.8) is 0 Å². The number of anilines is 1. The lowest BCUT2D eigenvalue weighted by Crippen LogP contribution is -2.01. The molecule has 0 amide bonds. The highest BCUT2D eigenvalue weighted by molar-refractivity contribution is 7.10. The smallest absolute Gasteiger partial charge is 0.124 e. The highest BCUT2D eigenvalue weighted by Gasteiger charge is 2.05. The second kappa shape index (κ2) is 6.59. The summed E-state index contributed by atoms with van der Waals surface area (Å²) in [6, 6.07) is 7.94. The van der Waals surface area contributed by atoms with Crippen LogP contribution >= 0.6 is 11.3 Å². The van der Waals surface area contributed by atoms with E-state index in [0.29, 0.717) is 6.61 Å². The van der Waals surface area contributed by atoms with Crippen LogP contribution in [0.3, 0.4) is 0 Å². The van der Waals surface area contributed by atoms with Gasteiger partial charge in [-0.15, -0.1) is 11.3 Å². The fourth-order valence-corrected chi connectivity index (χ4v) is 2.72. The van der Waals surface area contributed by atoms with Crippen molar-refractivity contribution in [2.75, 3.05) is 11.9 Å². The van der Waals surface area contributed by atoms with Gasteiger partial charge >= 0.3 is 0 Å². The molecule has 0 radical (unpaired) electrons. The molecule has 2 N–H and O–H groups in total. The van der Waals surface area contributed by atoms with E-state index < -0.39 is 0 Å². The highest BCUT2D eigenvalue weighted by Crippen LogP contribution is 2.24. The molecule has 0 bridgehead atoms. The standard InChI is InChI=1S/C15H19NO2S/c1-3-18-14-5-4-13(8-12(14)10-17)16-9-15-11(2)6-7-19-15/h4-8,16-17H,3,9-10H2,1-2H3. The van der Waals surface area contributed by atoms with E-state index in [2.05, 4.69) is 23.7 Å². The normalized spacial score (nSPS) is 10.5. The fourth-order valence-electron chi connectivity index (χ4n) is 1.88. The molecule has 3 nitrogen and oxygen atoms in total. The molecule has 102 valence electrons. The molecular formula is C15H19NO2S. The Morgan fingerprint density at radius 1 is 1.32 bits per heavy atom. The van der Waals surface area contributed by atoms with Crippen molar-refractivity contribution in [2.45, 2.75) is 27.0 Å². The molecule has 0 aliphatic carbocycles. The first-order chi connectivity index (χ1) is 9.24. The van der Waals surface area contributed by atoms with Crippen LogP contribution in [-0.4, -0.2) is 11.7 Å². The van der Waals surface area contributed by atoms with E-state index in [1.165, 1.54) is 10.4 Å². The molecule has 19 heavy (non-hydrogen) atoms. The number of hydrogen-bond acceptors (Lipinski definition) is 4. The summed E-state index contributed by atoms with van der Waals surface area (Å²) >= 11 is 1.75. The molecule has 2 aromatic rings. The first kappa shape index (κ1) is 13.9. The number of aryl methyl sites for hydroxylation is 1. The molecule has 0 saturated heterocycles. The fraction of sp³-hybridized carbons (Fsp3) is 0.333. The maximum atomic E-state index is 9.36. The number of hydrogen-bond donors (Lipinski definition) is 2. The van der Waals surface area contributed by atoms with Gasteiger partial charge in [-0.1, -0.05) is 0 Å². The number of thiophene rings is 1. The van der Waals surface area contributed by atoms with Gasteiger partial charge in [0.25, 0.3) is 0 Å². The van der Waals surface area contributed by atoms with Crippen LogP contribution in [-0.2, 0) is 13.2 Å². The minimum atomic E-state index is -0.0110. The largest absolute Gasteiger partial charge is 0.494 e. The first-order valence-electron chi connectivity index (χ1n) is 6.38. The lowest BCUT2D eigenvalue weighted by molar-refractivity contribution is 0.267. The summed E-state index contributed by atoms with van der Waals surface area (Å²) in [4.78, 5) is 1.33. The van der Waals surface area contributed by atoms with Gasteiger partial charge in [-0.3, -0.25) is 0 Å². The third-order valence-electron chi connectivity index (χ3n) is 2.95. The number of ether oxygens (including phenoxy) is 1. The van der Waals surface area contributed by atoms with E-state index in [1.54, 1.807) is 11.3 Å². The molecule has 1 aromatic heterocycles. The first-order valence-corrected chi connectivity index (χ1v) is 7.26. The zero-order valence-corrected chi connectivity index (χ0v) is 12.1. The Bertz CT molecular complexity index is 537. The van der Waals surface area contributed by atoms with Crippen LogP contribution < -0.4 is 10.1 Å². The molecule has 0 spiro atoms. The average Bonchev–Trinajstić information content (AvgIpc) is 2.83. The number of rotatable bonds is 6. The van der Waals surface area contributed by atoms with Crippen molar-refractivity contribution in [3.05, 3.63) is 45.6 Å². The Morgan fingerprint density at radius 3 is 2.79 bits per heavy atom. The van der Waals surface area contributed by atoms with Crippen molar-refractivity contribution in [2.24, 2.45) is 0 Å². The molecule has 1 heterocycles. The SMILES string of the molecule is CCOc1ccc(NCc2sccc2C)cc1CO. The van der Waals surface area contributed by atoms with E-state index in [4.69, 9.17) is 4.74 Å². The maximum Gasteiger partial charge on any atom is 0.124 e. The summed E-state index contributed by atoms with van der Waals surface area (Å²) in [7, 11) is 0. The van der Waals surface area contributed by atoms with Gasteiger partial charge < -0.3 is 15.2 Å². The lowest BCUT2D eigenvalue weighted by atomic mass is 10.2. The summed E-state index contributed by atoms with van der Waals surface area (Å²) in [5.41, 5.74) is 3.13. The van der Waals surface area contributed by atoms with E-state index in [1.807, 2.05) is 25.1 Å². The predicted octanol–water partition coefficient (Wildman–Crippen LogP) is 3.56. The minimum absolute atomic E-state index is 0.0110. The van der Waals surface area contributed by atoms with Gasteiger partial charge in [0.1, 0.15) is 5.75 Å². The minimum Gasteiger partial charge on any atom is -0.494 e. The van der Waals surface area contributed by atoms with Crippen molar-refractivity contribution < 1.29 is 9.84 Å². The quantitative estimate of drug-likeness (QED) is 0.848. The summed E-state index contributed by atoms with van der Waals surface area (Å²) < 4.78 is 5.47. The predicted molar refractivity (Wildman–Crippen MR) is 79.9 cm³/mol. The number of aliphatic hydroxyl groups excluding tert-OH is 1. The Hall–Kier alpha value is -1.52. The summed E-state index contributed by atoms with van der Waals surface area (Å²) in [6.45, 7) is 5.46. The highest BCUT2D eigenvalue weighted by atomic mass is 32.1. The second-order valence-electron chi connectivity index (χ2n) is 4.29. The Balaban J connectivity index is 2.07. The van der Waals surface area contributed by atoms with Crippen LogP contribution in [0.5, 0.6) is 5.75 Å². The van der Waals surface area contributed by atoms with Gasteiger partial charge in [0, 0.05) is 22.7 Å². The zero-order valence-electron chi connectivity index (χ0n) is 11.3. The van der Waals surface area contributed by atoms with Crippen LogP contribution in [0.25, 0.3) is 0 Å². The van der Waals surface area contributed by atoms with Crippen molar-refractivity contribution in [1.82, 2.24) is 0 Å². The van der Waals surface area contributed by atoms with E-state index >= 15 is 0 Å². The van der Waals surface area contributed by atoms with Crippen molar-refractivity contribution >= 4 is 17.0 Å². The topological polar surface area (TPSA) is 41.5 Å². The van der Waals surface area contributed by atoms with Crippen molar-refractivity contribution in [1.29, 1.82) is 0 Å². The molecule has 1 aromatic carbocycles. The molecular weight excluding hydrogens is 258 g/mol. The van der Waals surface area contributed by atoms with E-state index in [0.717, 1.165) is 23.5 Å². The summed E-state index contributed by atoms with van der Waals surface area (Å²) in [6.07, 6.45) is 0. The third-order valence-corrected chi connectivity index (χ3v) is 3.97. The molecule has 0 unspecified atom stereocenters. The zero-order chi connectivity index (χ0) is 13.7. The average molecular weight is 277 g/mol. The van der Waals surface area contributed by atoms with Gasteiger partial charge in [0.15, 0.2) is 0 Å². The number of benzene rings is 1. The van der Waals surface area contributed by atoms with Crippen LogP contribution in [0.1, 0.15) is 22.9 Å². The Kier molecular flexibility index (Phi) is 4.82. The summed E-state index contributed by atoms with van der Waals surface area (Å²) in [5.74, 6) is 0.753. The maximum absolute atomic E-state index is 9.36. The Labute approximate surface area is 117 Å². The second-order valence-corrected chi connectivity index (χ2v) is 5.29.